The summed E-state index contributed by atoms with van der Waals surface area (Å²) >= 11 is 1.18. The maximum absolute atomic E-state index is 13.7. The van der Waals surface area contributed by atoms with E-state index in [1.54, 1.807) is 29.5 Å². The molecule has 0 N–H and O–H groups in total. The van der Waals surface area contributed by atoms with E-state index in [4.69, 9.17) is 4.74 Å². The summed E-state index contributed by atoms with van der Waals surface area (Å²) in [5, 5.41) is 1.75. The third kappa shape index (κ3) is 3.72. The second-order valence-corrected chi connectivity index (χ2v) is 11.2. The largest absolute Gasteiger partial charge is 0.497 e. The molecule has 8 heteroatoms. The van der Waals surface area contributed by atoms with Gasteiger partial charge in [0.2, 0.25) is 5.91 Å². The smallest absolute Gasteiger partial charge is 0.253 e. The lowest BCUT2D eigenvalue weighted by atomic mass is 9.93. The number of hydrogen-bond acceptors (Lipinski definition) is 5. The maximum atomic E-state index is 13.7. The molecule has 2 aliphatic heterocycles. The summed E-state index contributed by atoms with van der Waals surface area (Å²) in [6, 6.07) is 16.3. The summed E-state index contributed by atoms with van der Waals surface area (Å²) in [6.45, 7) is 1.23. The Morgan fingerprint density at radius 1 is 1.00 bits per heavy atom. The minimum atomic E-state index is -3.78. The molecular formula is C24H24N2O4S2. The van der Waals surface area contributed by atoms with Gasteiger partial charge in [0, 0.05) is 19.6 Å². The van der Waals surface area contributed by atoms with E-state index in [-0.39, 0.29) is 16.7 Å². The average molecular weight is 469 g/mol. The first-order valence-electron chi connectivity index (χ1n) is 10.5. The van der Waals surface area contributed by atoms with Crippen LogP contribution in [0.1, 0.15) is 22.3 Å². The van der Waals surface area contributed by atoms with E-state index in [0.29, 0.717) is 19.5 Å². The molecule has 166 valence electrons. The van der Waals surface area contributed by atoms with Crippen LogP contribution in [0.25, 0.3) is 0 Å². The fourth-order valence-corrected chi connectivity index (χ4v) is 7.23. The molecule has 2 aromatic carbocycles. The van der Waals surface area contributed by atoms with Crippen LogP contribution < -0.4 is 4.74 Å². The molecule has 1 aromatic heterocycles. The fourth-order valence-electron chi connectivity index (χ4n) is 4.55. The molecule has 0 spiro atoms. The average Bonchev–Trinajstić information content (AvgIpc) is 3.38. The summed E-state index contributed by atoms with van der Waals surface area (Å²) < 4.78 is 34.0. The zero-order valence-corrected chi connectivity index (χ0v) is 19.4. The van der Waals surface area contributed by atoms with E-state index in [1.165, 1.54) is 21.2 Å². The first kappa shape index (κ1) is 21.2. The van der Waals surface area contributed by atoms with Crippen molar-refractivity contribution < 1.29 is 17.9 Å². The number of rotatable bonds is 4. The minimum absolute atomic E-state index is 0.145. The van der Waals surface area contributed by atoms with Crippen molar-refractivity contribution in [3.63, 3.8) is 0 Å². The summed E-state index contributed by atoms with van der Waals surface area (Å²) in [5.41, 5.74) is 4.23. The molecule has 5 rings (SSSR count). The van der Waals surface area contributed by atoms with Crippen LogP contribution >= 0.6 is 11.3 Å². The van der Waals surface area contributed by atoms with Crippen molar-refractivity contribution in [2.45, 2.75) is 36.2 Å². The lowest BCUT2D eigenvalue weighted by Crippen LogP contribution is -2.54. The van der Waals surface area contributed by atoms with Gasteiger partial charge in [-0.15, -0.1) is 11.3 Å². The van der Waals surface area contributed by atoms with Crippen molar-refractivity contribution in [3.8, 4) is 5.75 Å². The highest BCUT2D eigenvalue weighted by Crippen LogP contribution is 2.33. The molecule has 6 nitrogen and oxygen atoms in total. The molecule has 0 unspecified atom stereocenters. The van der Waals surface area contributed by atoms with Gasteiger partial charge in [0.15, 0.2) is 0 Å². The molecule has 0 aliphatic carbocycles. The number of benzene rings is 2. The van der Waals surface area contributed by atoms with Crippen LogP contribution in [-0.4, -0.2) is 43.2 Å². The van der Waals surface area contributed by atoms with E-state index in [0.717, 1.165) is 28.9 Å². The van der Waals surface area contributed by atoms with E-state index in [2.05, 4.69) is 0 Å². The van der Waals surface area contributed by atoms with E-state index in [1.807, 2.05) is 42.5 Å². The highest BCUT2D eigenvalue weighted by atomic mass is 32.2. The summed E-state index contributed by atoms with van der Waals surface area (Å²) in [4.78, 5) is 15.5. The Morgan fingerprint density at radius 3 is 2.56 bits per heavy atom. The number of fused-ring (bicyclic) bond motifs is 2. The predicted octanol–water partition coefficient (Wildman–Crippen LogP) is 3.46. The third-order valence-corrected chi connectivity index (χ3v) is 9.51. The molecule has 0 bridgehead atoms. The molecule has 0 saturated heterocycles. The van der Waals surface area contributed by atoms with Crippen LogP contribution in [0.15, 0.2) is 64.2 Å². The topological polar surface area (TPSA) is 66.9 Å². The zero-order valence-electron chi connectivity index (χ0n) is 17.7. The summed E-state index contributed by atoms with van der Waals surface area (Å²) in [6.07, 6.45) is 1.12. The Labute approximate surface area is 192 Å². The molecule has 0 radical (unpaired) electrons. The van der Waals surface area contributed by atoms with Gasteiger partial charge in [-0.2, -0.15) is 4.31 Å². The normalized spacial score (nSPS) is 18.7. The molecule has 1 atom stereocenters. The molecule has 0 saturated carbocycles. The summed E-state index contributed by atoms with van der Waals surface area (Å²) in [7, 11) is -2.16. The molecule has 32 heavy (non-hydrogen) atoms. The highest BCUT2D eigenvalue weighted by Gasteiger charge is 2.42. The lowest BCUT2D eigenvalue weighted by molar-refractivity contribution is -0.136. The Balaban J connectivity index is 1.49. The van der Waals surface area contributed by atoms with Gasteiger partial charge in [-0.05, 0) is 58.7 Å². The Bertz CT molecular complexity index is 1250. The molecule has 2 aliphatic rings. The van der Waals surface area contributed by atoms with E-state index in [9.17, 15) is 13.2 Å². The van der Waals surface area contributed by atoms with Gasteiger partial charge < -0.3 is 9.64 Å². The van der Waals surface area contributed by atoms with Gasteiger partial charge in [-0.1, -0.05) is 36.4 Å². The van der Waals surface area contributed by atoms with Crippen LogP contribution in [0.4, 0.5) is 0 Å². The molecular weight excluding hydrogens is 444 g/mol. The van der Waals surface area contributed by atoms with Gasteiger partial charge in [0.1, 0.15) is 16.0 Å². The summed E-state index contributed by atoms with van der Waals surface area (Å²) in [5.74, 6) is 0.611. The van der Waals surface area contributed by atoms with Gasteiger partial charge in [0.05, 0.1) is 7.11 Å². The van der Waals surface area contributed by atoms with Crippen molar-refractivity contribution in [2.75, 3.05) is 13.7 Å². The number of nitrogens with zero attached hydrogens (tertiary/aromatic N) is 2. The second kappa shape index (κ2) is 8.35. The number of hydrogen-bond donors (Lipinski definition) is 0. The van der Waals surface area contributed by atoms with Crippen molar-refractivity contribution in [1.82, 2.24) is 9.21 Å². The predicted molar refractivity (Wildman–Crippen MR) is 123 cm³/mol. The van der Waals surface area contributed by atoms with Crippen LogP contribution in [0.5, 0.6) is 5.75 Å². The maximum Gasteiger partial charge on any atom is 0.253 e. The standard InChI is InChI=1S/C24H24N2O4S2/c1-30-21-9-8-17-10-11-25(15-20(17)13-21)24(27)22-14-18-5-2-3-6-19(18)16-26(22)32(28,29)23-7-4-12-31-23/h2-9,12-13,22H,10-11,14-16H2,1H3/t22-/m0/s1. The molecule has 3 heterocycles. The van der Waals surface area contributed by atoms with Crippen molar-refractivity contribution in [1.29, 1.82) is 0 Å². The number of carbonyl (C=O) groups excluding carboxylic acids is 1. The van der Waals surface area contributed by atoms with Crippen molar-refractivity contribution in [3.05, 3.63) is 82.2 Å². The van der Waals surface area contributed by atoms with Gasteiger partial charge >= 0.3 is 0 Å². The van der Waals surface area contributed by atoms with E-state index >= 15 is 0 Å². The van der Waals surface area contributed by atoms with Gasteiger partial charge in [-0.25, -0.2) is 8.42 Å². The minimum Gasteiger partial charge on any atom is -0.497 e. The second-order valence-electron chi connectivity index (χ2n) is 8.12. The first-order valence-corrected chi connectivity index (χ1v) is 12.9. The van der Waals surface area contributed by atoms with Gasteiger partial charge in [-0.3, -0.25) is 4.79 Å². The first-order chi connectivity index (χ1) is 15.5. The monoisotopic (exact) mass is 468 g/mol. The number of sulfonamides is 1. The van der Waals surface area contributed by atoms with Crippen LogP contribution in [0, 0.1) is 0 Å². The number of carbonyl (C=O) groups is 1. The quantitative estimate of drug-likeness (QED) is 0.588. The number of amides is 1. The lowest BCUT2D eigenvalue weighted by Gasteiger charge is -2.39. The van der Waals surface area contributed by atoms with Gasteiger partial charge in [0.25, 0.3) is 10.0 Å². The van der Waals surface area contributed by atoms with Crippen LogP contribution in [0.3, 0.4) is 0 Å². The molecule has 1 amide bonds. The van der Waals surface area contributed by atoms with Crippen molar-refractivity contribution >= 4 is 27.3 Å². The highest BCUT2D eigenvalue weighted by molar-refractivity contribution is 7.91. The number of methoxy groups -OCH3 is 1. The number of ether oxygens (including phenoxy) is 1. The van der Waals surface area contributed by atoms with Crippen LogP contribution in [0.2, 0.25) is 0 Å². The molecule has 0 fully saturated rings. The van der Waals surface area contributed by atoms with Crippen LogP contribution in [-0.2, 0) is 40.7 Å². The zero-order chi connectivity index (χ0) is 22.3. The number of thiophene rings is 1. The Hall–Kier alpha value is -2.68. The molecule has 3 aromatic rings. The Kier molecular flexibility index (Phi) is 5.53. The fraction of sp³-hybridized carbons (Fsp3) is 0.292. The van der Waals surface area contributed by atoms with E-state index < -0.39 is 16.1 Å². The van der Waals surface area contributed by atoms with Crippen molar-refractivity contribution in [2.24, 2.45) is 0 Å². The SMILES string of the molecule is COc1ccc2c(c1)CN(C(=O)[C@@H]1Cc3ccccc3CN1S(=O)(=O)c1cccs1)CC2. The Morgan fingerprint density at radius 2 is 1.81 bits per heavy atom. The third-order valence-electron chi connectivity index (χ3n) is 6.29.